The summed E-state index contributed by atoms with van der Waals surface area (Å²) in [6.07, 6.45) is 1.81. The van der Waals surface area contributed by atoms with Crippen LogP contribution in [0.15, 0.2) is 91.0 Å². The zero-order valence-electron chi connectivity index (χ0n) is 19.7. The first-order valence-corrected chi connectivity index (χ1v) is 12.1. The number of Topliss-reactive ketones (excluding diaryl/α,β-unsaturated/α-hetero) is 1. The summed E-state index contributed by atoms with van der Waals surface area (Å²) in [6, 6.07) is 28.4. The third-order valence-electron chi connectivity index (χ3n) is 7.34. The number of para-hydroxylation sites is 1. The number of fused-ring (bicyclic) bond motifs is 3. The Kier molecular flexibility index (Phi) is 8.04. The van der Waals surface area contributed by atoms with E-state index in [-0.39, 0.29) is 34.8 Å². The van der Waals surface area contributed by atoms with E-state index in [0.717, 1.165) is 42.7 Å². The van der Waals surface area contributed by atoms with Crippen molar-refractivity contribution in [1.82, 2.24) is 0 Å². The number of carbonyl (C=O) groups is 2. The predicted molar refractivity (Wildman–Crippen MR) is 132 cm³/mol. The van der Waals surface area contributed by atoms with E-state index in [0.29, 0.717) is 23.5 Å². The Bertz CT molecular complexity index is 1120. The minimum atomic E-state index is -0.585. The number of esters is 1. The molecule has 1 N–H and O–H groups in total. The molecule has 5 nitrogen and oxygen atoms in total. The van der Waals surface area contributed by atoms with E-state index in [1.807, 2.05) is 91.0 Å². The number of benzene rings is 3. The van der Waals surface area contributed by atoms with Crippen LogP contribution in [0.3, 0.4) is 0 Å². The number of nitrogens with one attached hydrogen (secondary N) is 1. The van der Waals surface area contributed by atoms with Crippen LogP contribution in [0.5, 0.6) is 0 Å². The molecule has 3 aliphatic rings. The molecule has 6 heteroatoms. The van der Waals surface area contributed by atoms with Gasteiger partial charge in [-0.1, -0.05) is 78.9 Å². The van der Waals surface area contributed by atoms with Crippen molar-refractivity contribution in [1.29, 1.82) is 0 Å². The fraction of sp³-hybridized carbons (Fsp3) is 0.310. The van der Waals surface area contributed by atoms with E-state index in [2.05, 4.69) is 5.32 Å². The van der Waals surface area contributed by atoms with Gasteiger partial charge in [-0.15, -0.1) is 0 Å². The maximum absolute atomic E-state index is 13.5. The van der Waals surface area contributed by atoms with Crippen LogP contribution in [-0.4, -0.2) is 48.5 Å². The van der Waals surface area contributed by atoms with Gasteiger partial charge in [-0.3, -0.25) is 4.79 Å². The van der Waals surface area contributed by atoms with Gasteiger partial charge in [-0.25, -0.2) is 4.79 Å². The zero-order valence-corrected chi connectivity index (χ0v) is 21.3. The summed E-state index contributed by atoms with van der Waals surface area (Å²) in [6.45, 7) is 3.13. The quantitative estimate of drug-likeness (QED) is 0.272. The van der Waals surface area contributed by atoms with Gasteiger partial charge in [0, 0.05) is 30.0 Å². The van der Waals surface area contributed by atoms with Gasteiger partial charge in [0.2, 0.25) is 5.78 Å². The van der Waals surface area contributed by atoms with Crippen molar-refractivity contribution in [2.75, 3.05) is 31.5 Å². The molecule has 35 heavy (non-hydrogen) atoms. The van der Waals surface area contributed by atoms with Crippen molar-refractivity contribution in [3.63, 3.8) is 0 Å². The highest BCUT2D eigenvalue weighted by Gasteiger charge is 2.49. The maximum Gasteiger partial charge on any atom is 0.333 e. The number of ketones is 1. The van der Waals surface area contributed by atoms with Gasteiger partial charge in [-0.2, -0.15) is 0 Å². The number of hydrogen-bond donors (Lipinski definition) is 1. The SMILES string of the molecule is O=C(C[N+]12CCC(CC1)[C@@H](OC(=O)[C@H](Nc1ccccc1)c1ccccc1)C2)c1ccccc1.[Br-]. The molecule has 0 aromatic heterocycles. The fourth-order valence-corrected chi connectivity index (χ4v) is 5.44. The summed E-state index contributed by atoms with van der Waals surface area (Å²) in [4.78, 5) is 26.5. The number of hydrogen-bond acceptors (Lipinski definition) is 4. The molecule has 0 aliphatic carbocycles. The molecule has 3 heterocycles. The highest BCUT2D eigenvalue weighted by Crippen LogP contribution is 2.36. The minimum absolute atomic E-state index is 0. The molecule has 3 aromatic carbocycles. The van der Waals surface area contributed by atoms with Crippen LogP contribution in [-0.2, 0) is 9.53 Å². The monoisotopic (exact) mass is 534 g/mol. The summed E-state index contributed by atoms with van der Waals surface area (Å²) in [5.41, 5.74) is 2.51. The number of nitrogens with zero attached hydrogens (tertiary/aromatic N) is 1. The molecule has 3 fully saturated rings. The first-order chi connectivity index (χ1) is 16.6. The van der Waals surface area contributed by atoms with E-state index in [1.165, 1.54) is 0 Å². The van der Waals surface area contributed by atoms with Crippen LogP contribution in [0.2, 0.25) is 0 Å². The second-order valence-electron chi connectivity index (χ2n) is 9.59. The van der Waals surface area contributed by atoms with Crippen molar-refractivity contribution in [3.8, 4) is 0 Å². The Hall–Kier alpha value is -2.96. The third kappa shape index (κ3) is 5.82. The lowest BCUT2D eigenvalue weighted by Gasteiger charge is -2.51. The number of ether oxygens (including phenoxy) is 1. The molecule has 0 amide bonds. The van der Waals surface area contributed by atoms with E-state index >= 15 is 0 Å². The lowest BCUT2D eigenvalue weighted by atomic mass is 9.82. The Morgan fingerprint density at radius 3 is 2.06 bits per heavy atom. The number of carbonyl (C=O) groups excluding carboxylic acids is 2. The van der Waals surface area contributed by atoms with Crippen LogP contribution in [0, 0.1) is 5.92 Å². The van der Waals surface area contributed by atoms with Gasteiger partial charge in [0.1, 0.15) is 13.1 Å². The molecule has 3 aromatic rings. The van der Waals surface area contributed by atoms with E-state index < -0.39 is 6.04 Å². The average Bonchev–Trinajstić information content (AvgIpc) is 2.89. The maximum atomic E-state index is 13.5. The van der Waals surface area contributed by atoms with E-state index in [4.69, 9.17) is 4.74 Å². The molecule has 182 valence electrons. The molecule has 0 unspecified atom stereocenters. The zero-order chi connectivity index (χ0) is 23.4. The largest absolute Gasteiger partial charge is 1.00 e. The second kappa shape index (κ2) is 11.2. The van der Waals surface area contributed by atoms with Crippen LogP contribution >= 0.6 is 0 Å². The molecule has 3 saturated heterocycles. The van der Waals surface area contributed by atoms with Gasteiger partial charge >= 0.3 is 5.97 Å². The van der Waals surface area contributed by atoms with Gasteiger partial charge in [0.15, 0.2) is 12.1 Å². The molecule has 0 spiro atoms. The van der Waals surface area contributed by atoms with Gasteiger partial charge < -0.3 is 31.5 Å². The number of quaternary nitrogens is 1. The van der Waals surface area contributed by atoms with Gasteiger partial charge in [0.25, 0.3) is 0 Å². The fourth-order valence-electron chi connectivity index (χ4n) is 5.44. The molecular weight excluding hydrogens is 504 g/mol. The number of piperidine rings is 3. The average molecular weight is 535 g/mol. The first kappa shape index (κ1) is 25.1. The molecule has 0 saturated carbocycles. The Labute approximate surface area is 217 Å². The smallest absolute Gasteiger partial charge is 0.333 e. The van der Waals surface area contributed by atoms with Gasteiger partial charge in [0.05, 0.1) is 13.1 Å². The predicted octanol–water partition coefficient (Wildman–Crippen LogP) is 1.88. The summed E-state index contributed by atoms with van der Waals surface area (Å²) >= 11 is 0. The van der Waals surface area contributed by atoms with Crippen LogP contribution in [0.4, 0.5) is 5.69 Å². The van der Waals surface area contributed by atoms with Crippen LogP contribution < -0.4 is 22.3 Å². The van der Waals surface area contributed by atoms with Crippen molar-refractivity contribution in [2.45, 2.75) is 25.0 Å². The molecule has 6 rings (SSSR count). The van der Waals surface area contributed by atoms with Crippen LogP contribution in [0.25, 0.3) is 0 Å². The Balaban J connectivity index is 0.00000289. The minimum Gasteiger partial charge on any atom is -1.00 e. The highest BCUT2D eigenvalue weighted by molar-refractivity contribution is 5.97. The van der Waals surface area contributed by atoms with E-state index in [1.54, 1.807) is 0 Å². The molecular formula is C29H31BrN2O3. The highest BCUT2D eigenvalue weighted by atomic mass is 79.9. The molecule has 3 aliphatic heterocycles. The topological polar surface area (TPSA) is 55.4 Å². The molecule has 0 radical (unpaired) electrons. The van der Waals surface area contributed by atoms with Crippen molar-refractivity contribution in [3.05, 3.63) is 102 Å². The summed E-state index contributed by atoms with van der Waals surface area (Å²) in [7, 11) is 0. The van der Waals surface area contributed by atoms with Gasteiger partial charge in [-0.05, 0) is 17.7 Å². The number of rotatable bonds is 8. The Morgan fingerprint density at radius 1 is 0.857 bits per heavy atom. The number of halogens is 1. The normalized spacial score (nSPS) is 23.5. The summed E-state index contributed by atoms with van der Waals surface area (Å²) in [5.74, 6) is 0.268. The van der Waals surface area contributed by atoms with Crippen molar-refractivity contribution >= 4 is 17.4 Å². The first-order valence-electron chi connectivity index (χ1n) is 12.1. The summed E-state index contributed by atoms with van der Waals surface area (Å²) in [5, 5.41) is 3.36. The van der Waals surface area contributed by atoms with Crippen LogP contribution in [0.1, 0.15) is 34.8 Å². The van der Waals surface area contributed by atoms with Crippen molar-refractivity contribution in [2.24, 2.45) is 5.92 Å². The van der Waals surface area contributed by atoms with E-state index in [9.17, 15) is 9.59 Å². The molecule has 2 atom stereocenters. The molecule has 2 bridgehead atoms. The summed E-state index contributed by atoms with van der Waals surface area (Å²) < 4.78 is 6.91. The van der Waals surface area contributed by atoms with Crippen molar-refractivity contribution < 1.29 is 35.8 Å². The lowest BCUT2D eigenvalue weighted by Crippen LogP contribution is -3.00. The standard InChI is InChI=1S/C29H31N2O3.BrH/c32-26(22-10-4-1-5-11-22)20-31-18-16-23(17-19-31)27(21-31)34-29(33)28(24-12-6-2-7-13-24)30-25-14-8-3-9-15-25;/h1-15,23,27-28,30H,16-21H2;1H/q+1;/p-1/t23?,27-,28+,31?;/m0./s1. The Morgan fingerprint density at radius 2 is 1.43 bits per heavy atom. The number of anilines is 1. The lowest BCUT2D eigenvalue weighted by molar-refractivity contribution is -0.938. The second-order valence-corrected chi connectivity index (χ2v) is 9.59. The third-order valence-corrected chi connectivity index (χ3v) is 7.34.